The van der Waals surface area contributed by atoms with Gasteiger partial charge in [-0.05, 0) is 41.4 Å². The molecule has 0 saturated heterocycles. The Labute approximate surface area is 125 Å². The van der Waals surface area contributed by atoms with Crippen LogP contribution < -0.4 is 5.73 Å². The van der Waals surface area contributed by atoms with Crippen molar-refractivity contribution in [3.8, 4) is 0 Å². The van der Waals surface area contributed by atoms with Gasteiger partial charge in [-0.25, -0.2) is 9.37 Å². The largest absolute Gasteiger partial charge is 0.369 e. The van der Waals surface area contributed by atoms with Gasteiger partial charge < -0.3 is 10.3 Å². The van der Waals surface area contributed by atoms with E-state index in [0.717, 1.165) is 31.2 Å². The summed E-state index contributed by atoms with van der Waals surface area (Å²) < 4.78 is 15.9. The normalized spacial score (nSPS) is 15.4. The Kier molecular flexibility index (Phi) is 3.69. The van der Waals surface area contributed by atoms with Crippen LogP contribution in [-0.2, 0) is 6.54 Å². The highest BCUT2D eigenvalue weighted by atomic mass is 79.9. The number of nitrogen functional groups attached to an aromatic ring is 1. The average molecular weight is 341 g/mol. The smallest absolute Gasteiger partial charge is 0.201 e. The Hall–Kier alpha value is -1.14. The number of fused-ring (bicyclic) bond motifs is 1. The van der Waals surface area contributed by atoms with E-state index in [1.807, 2.05) is 4.57 Å². The second kappa shape index (κ2) is 5.33. The molecule has 4 nitrogen and oxygen atoms in total. The summed E-state index contributed by atoms with van der Waals surface area (Å²) in [6.45, 7) is 4.96. The van der Waals surface area contributed by atoms with Crippen molar-refractivity contribution in [3.63, 3.8) is 0 Å². The van der Waals surface area contributed by atoms with Crippen molar-refractivity contribution in [1.29, 1.82) is 0 Å². The van der Waals surface area contributed by atoms with E-state index < -0.39 is 0 Å². The molecule has 1 aromatic carbocycles. The van der Waals surface area contributed by atoms with Crippen LogP contribution >= 0.6 is 15.9 Å². The van der Waals surface area contributed by atoms with Crippen molar-refractivity contribution >= 4 is 32.9 Å². The van der Waals surface area contributed by atoms with Crippen LogP contribution in [0.5, 0.6) is 0 Å². The minimum absolute atomic E-state index is 0.310. The molecule has 1 aromatic heterocycles. The van der Waals surface area contributed by atoms with E-state index in [1.165, 1.54) is 18.9 Å². The molecule has 1 aliphatic carbocycles. The van der Waals surface area contributed by atoms with Crippen molar-refractivity contribution in [3.05, 3.63) is 22.4 Å². The second-order valence-corrected chi connectivity index (χ2v) is 6.09. The summed E-state index contributed by atoms with van der Waals surface area (Å²) >= 11 is 3.22. The molecular formula is C14H18BrFN4. The first-order valence-electron chi connectivity index (χ1n) is 6.95. The highest BCUT2D eigenvalue weighted by molar-refractivity contribution is 9.10. The maximum atomic E-state index is 13.5. The molecule has 6 heteroatoms. The lowest BCUT2D eigenvalue weighted by atomic mass is 10.3. The monoisotopic (exact) mass is 340 g/mol. The van der Waals surface area contributed by atoms with Gasteiger partial charge in [-0.2, -0.15) is 0 Å². The van der Waals surface area contributed by atoms with Crippen LogP contribution in [0.1, 0.15) is 19.8 Å². The highest BCUT2D eigenvalue weighted by Crippen LogP contribution is 2.28. The summed E-state index contributed by atoms with van der Waals surface area (Å²) in [6.07, 6.45) is 2.59. The van der Waals surface area contributed by atoms with Crippen LogP contribution in [-0.4, -0.2) is 33.6 Å². The molecular weight excluding hydrogens is 323 g/mol. The maximum absolute atomic E-state index is 13.5. The van der Waals surface area contributed by atoms with Gasteiger partial charge in [0.05, 0.1) is 15.5 Å². The quantitative estimate of drug-likeness (QED) is 0.910. The number of anilines is 1. The van der Waals surface area contributed by atoms with Gasteiger partial charge in [0, 0.05) is 25.2 Å². The van der Waals surface area contributed by atoms with Crippen molar-refractivity contribution < 1.29 is 4.39 Å². The molecule has 0 atom stereocenters. The predicted octanol–water partition coefficient (Wildman–Crippen LogP) is 3.00. The summed E-state index contributed by atoms with van der Waals surface area (Å²) in [7, 11) is 0. The zero-order chi connectivity index (χ0) is 14.3. The molecule has 1 aliphatic rings. The summed E-state index contributed by atoms with van der Waals surface area (Å²) in [4.78, 5) is 6.70. The summed E-state index contributed by atoms with van der Waals surface area (Å²) in [6, 6.07) is 3.91. The number of nitrogens with two attached hydrogens (primary N) is 1. The van der Waals surface area contributed by atoms with Crippen LogP contribution in [0.15, 0.2) is 16.6 Å². The molecule has 2 N–H and O–H groups in total. The van der Waals surface area contributed by atoms with Gasteiger partial charge in [0.1, 0.15) is 5.82 Å². The van der Waals surface area contributed by atoms with E-state index in [1.54, 1.807) is 6.07 Å². The first-order chi connectivity index (χ1) is 9.60. The first-order valence-corrected chi connectivity index (χ1v) is 7.74. The second-order valence-electron chi connectivity index (χ2n) is 5.24. The van der Waals surface area contributed by atoms with Crippen molar-refractivity contribution in [2.24, 2.45) is 0 Å². The van der Waals surface area contributed by atoms with Gasteiger partial charge in [-0.1, -0.05) is 6.92 Å². The third-order valence-electron chi connectivity index (χ3n) is 3.90. The van der Waals surface area contributed by atoms with Crippen LogP contribution in [0.3, 0.4) is 0 Å². The third-order valence-corrected chi connectivity index (χ3v) is 4.51. The lowest BCUT2D eigenvalue weighted by Gasteiger charge is -2.20. The van der Waals surface area contributed by atoms with E-state index in [-0.39, 0.29) is 5.82 Å². The minimum atomic E-state index is -0.310. The number of aromatic nitrogens is 2. The van der Waals surface area contributed by atoms with Crippen LogP contribution in [0.25, 0.3) is 11.0 Å². The Balaban J connectivity index is 1.86. The Morgan fingerprint density at radius 2 is 2.25 bits per heavy atom. The van der Waals surface area contributed by atoms with E-state index in [4.69, 9.17) is 5.73 Å². The Morgan fingerprint density at radius 1 is 1.50 bits per heavy atom. The molecule has 108 valence electrons. The number of imidazole rings is 1. The van der Waals surface area contributed by atoms with Crippen molar-refractivity contribution in [2.75, 3.05) is 18.8 Å². The molecule has 0 aliphatic heterocycles. The van der Waals surface area contributed by atoms with Crippen LogP contribution in [0, 0.1) is 5.82 Å². The number of likely N-dealkylation sites (N-methyl/N-ethyl adjacent to an activating group) is 1. The molecule has 0 amide bonds. The van der Waals surface area contributed by atoms with Gasteiger partial charge in [-0.15, -0.1) is 0 Å². The average Bonchev–Trinajstić information content (AvgIpc) is 3.19. The van der Waals surface area contributed by atoms with Crippen LogP contribution in [0.4, 0.5) is 10.3 Å². The standard InChI is InChI=1S/C14H18BrFN4/c1-2-19(9-3-4-9)5-6-20-13-7-10(15)11(16)8-12(13)18-14(20)17/h7-9H,2-6H2,1H3,(H2,17,18). The molecule has 1 saturated carbocycles. The van der Waals surface area contributed by atoms with E-state index in [2.05, 4.69) is 32.7 Å². The van der Waals surface area contributed by atoms with E-state index in [9.17, 15) is 4.39 Å². The van der Waals surface area contributed by atoms with Gasteiger partial charge in [0.15, 0.2) is 0 Å². The maximum Gasteiger partial charge on any atom is 0.201 e. The molecule has 3 rings (SSSR count). The molecule has 0 radical (unpaired) electrons. The number of hydrogen-bond acceptors (Lipinski definition) is 3. The molecule has 20 heavy (non-hydrogen) atoms. The van der Waals surface area contributed by atoms with Gasteiger partial charge >= 0.3 is 0 Å². The topological polar surface area (TPSA) is 47.1 Å². The molecule has 0 bridgehead atoms. The van der Waals surface area contributed by atoms with Gasteiger partial charge in [-0.3, -0.25) is 4.90 Å². The zero-order valence-electron chi connectivity index (χ0n) is 11.4. The fourth-order valence-electron chi connectivity index (χ4n) is 2.64. The lowest BCUT2D eigenvalue weighted by molar-refractivity contribution is 0.268. The molecule has 2 aromatic rings. The zero-order valence-corrected chi connectivity index (χ0v) is 13.0. The SMILES string of the molecule is CCN(CCn1c(N)nc2cc(F)c(Br)cc21)C1CC1. The summed E-state index contributed by atoms with van der Waals surface area (Å²) in [5.74, 6) is 0.139. The first kappa shape index (κ1) is 13.8. The Bertz CT molecular complexity index is 636. The minimum Gasteiger partial charge on any atom is -0.369 e. The fourth-order valence-corrected chi connectivity index (χ4v) is 2.97. The summed E-state index contributed by atoms with van der Waals surface area (Å²) in [5.41, 5.74) is 7.45. The molecule has 0 unspecified atom stereocenters. The molecule has 1 heterocycles. The van der Waals surface area contributed by atoms with Crippen molar-refractivity contribution in [1.82, 2.24) is 14.5 Å². The summed E-state index contributed by atoms with van der Waals surface area (Å²) in [5, 5.41) is 0. The van der Waals surface area contributed by atoms with E-state index >= 15 is 0 Å². The number of rotatable bonds is 5. The van der Waals surface area contributed by atoms with Gasteiger partial charge in [0.25, 0.3) is 0 Å². The third kappa shape index (κ3) is 2.54. The fraction of sp³-hybridized carbons (Fsp3) is 0.500. The highest BCUT2D eigenvalue weighted by Gasteiger charge is 2.27. The van der Waals surface area contributed by atoms with Crippen LogP contribution in [0.2, 0.25) is 0 Å². The lowest BCUT2D eigenvalue weighted by Crippen LogP contribution is -2.29. The molecule has 1 fully saturated rings. The van der Waals surface area contributed by atoms with E-state index in [0.29, 0.717) is 15.9 Å². The van der Waals surface area contributed by atoms with Crippen molar-refractivity contribution in [2.45, 2.75) is 32.4 Å². The predicted molar refractivity (Wildman–Crippen MR) is 82.1 cm³/mol. The van der Waals surface area contributed by atoms with Gasteiger partial charge in [0.2, 0.25) is 5.95 Å². The number of hydrogen-bond donors (Lipinski definition) is 1. The molecule has 0 spiro atoms. The number of benzene rings is 1. The Morgan fingerprint density at radius 3 is 2.90 bits per heavy atom. The number of halogens is 2. The number of nitrogens with zero attached hydrogens (tertiary/aromatic N) is 3.